The van der Waals surface area contributed by atoms with Gasteiger partial charge in [0.05, 0.1) is 16.6 Å². The molecule has 0 saturated heterocycles. The van der Waals surface area contributed by atoms with Gasteiger partial charge in [-0.2, -0.15) is 0 Å². The zero-order chi connectivity index (χ0) is 39.7. The van der Waals surface area contributed by atoms with Crippen molar-refractivity contribution in [2.24, 2.45) is 0 Å². The van der Waals surface area contributed by atoms with Gasteiger partial charge in [0.25, 0.3) is 0 Å². The highest BCUT2D eigenvalue weighted by atomic mass is 32.1. The molecule has 9 aromatic carbocycles. The van der Waals surface area contributed by atoms with Crippen LogP contribution >= 0.6 is 11.3 Å². The Morgan fingerprint density at radius 1 is 0.383 bits per heavy atom. The van der Waals surface area contributed by atoms with Crippen molar-refractivity contribution >= 4 is 86.7 Å². The molecule has 1 aliphatic rings. The second-order valence-corrected chi connectivity index (χ2v) is 18.0. The summed E-state index contributed by atoms with van der Waals surface area (Å²) in [5.41, 5.74) is 17.4. The Balaban J connectivity index is 0.940. The maximum atomic E-state index is 2.45. The summed E-state index contributed by atoms with van der Waals surface area (Å²) in [4.78, 5) is 2.43. The first-order chi connectivity index (χ1) is 29.5. The van der Waals surface area contributed by atoms with Crippen LogP contribution in [0.4, 0.5) is 17.1 Å². The van der Waals surface area contributed by atoms with E-state index in [0.29, 0.717) is 0 Å². The van der Waals surface area contributed by atoms with Crippen LogP contribution in [0.5, 0.6) is 0 Å². The number of hydrogen-bond acceptors (Lipinski definition) is 2. The van der Waals surface area contributed by atoms with Crippen LogP contribution in [0.15, 0.2) is 194 Å². The summed E-state index contributed by atoms with van der Waals surface area (Å²) in [6.45, 7) is 4.72. The van der Waals surface area contributed by atoms with Crippen molar-refractivity contribution < 1.29 is 0 Å². The zero-order valence-corrected chi connectivity index (χ0v) is 34.1. The molecule has 13 rings (SSSR count). The summed E-state index contributed by atoms with van der Waals surface area (Å²) < 4.78 is 5.11. The first kappa shape index (κ1) is 33.7. The Hall–Kier alpha value is -7.20. The van der Waals surface area contributed by atoms with E-state index in [9.17, 15) is 0 Å². The molecule has 0 aliphatic heterocycles. The van der Waals surface area contributed by atoms with Crippen molar-refractivity contribution in [2.75, 3.05) is 4.90 Å². The SMILES string of the molecule is CC1(C)c2ccccc2-c2ccc(N(c3ccc(-c4ccc5sc6ccccc6c5c4)cc3)c3ccc(-c4cc5c6ccccc6n6c7ccccc7c(c4)c56)cc3)cc21. The van der Waals surface area contributed by atoms with E-state index < -0.39 is 0 Å². The average Bonchev–Trinajstić information content (AvgIpc) is 4.01. The summed E-state index contributed by atoms with van der Waals surface area (Å²) >= 11 is 1.87. The number of anilines is 3. The van der Waals surface area contributed by atoms with Gasteiger partial charge in [-0.15, -0.1) is 11.3 Å². The van der Waals surface area contributed by atoms with Crippen LogP contribution < -0.4 is 4.90 Å². The van der Waals surface area contributed by atoms with Crippen molar-refractivity contribution in [3.63, 3.8) is 0 Å². The van der Waals surface area contributed by atoms with Gasteiger partial charge in [-0.05, 0) is 123 Å². The monoisotopic (exact) mass is 782 g/mol. The summed E-state index contributed by atoms with van der Waals surface area (Å²) in [6, 6.07) is 72.4. The largest absolute Gasteiger partial charge is 0.310 e. The van der Waals surface area contributed by atoms with Crippen molar-refractivity contribution in [3.05, 3.63) is 205 Å². The molecule has 2 nitrogen and oxygen atoms in total. The Bertz CT molecular complexity index is 3590. The molecule has 0 amide bonds. The Labute approximate surface area is 352 Å². The molecule has 282 valence electrons. The molecule has 3 heteroatoms. The predicted octanol–water partition coefficient (Wildman–Crippen LogP) is 16.3. The second kappa shape index (κ2) is 12.4. The fourth-order valence-corrected chi connectivity index (χ4v) is 11.5. The van der Waals surface area contributed by atoms with Crippen molar-refractivity contribution in [1.29, 1.82) is 0 Å². The van der Waals surface area contributed by atoms with Crippen molar-refractivity contribution in [3.8, 4) is 33.4 Å². The lowest BCUT2D eigenvalue weighted by atomic mass is 9.82. The predicted molar refractivity (Wildman–Crippen MR) is 257 cm³/mol. The molecule has 0 fully saturated rings. The zero-order valence-electron chi connectivity index (χ0n) is 33.3. The number of aromatic nitrogens is 1. The number of nitrogens with zero attached hydrogens (tertiary/aromatic N) is 2. The first-order valence-electron chi connectivity index (χ1n) is 20.8. The molecule has 0 saturated carbocycles. The van der Waals surface area contributed by atoms with Gasteiger partial charge < -0.3 is 9.30 Å². The maximum absolute atomic E-state index is 2.45. The standard InChI is InChI=1S/C57H38N2S/c1-57(2)50-15-7-3-11-42(50)43-29-28-41(34-51(43)57)58(39-24-19-35(20-25-39)37-23-30-55-47(31-37)46-14-6-10-18-54(46)60-55)40-26-21-36(22-27-40)38-32-48-44-12-4-8-16-52(44)59-53-17-9-5-13-45(53)49(33-38)56(48)59/h3-34H,1-2H3. The van der Waals surface area contributed by atoms with Gasteiger partial charge in [0.1, 0.15) is 0 Å². The molecule has 12 aromatic rings. The highest BCUT2D eigenvalue weighted by molar-refractivity contribution is 7.25. The summed E-state index contributed by atoms with van der Waals surface area (Å²) in [5.74, 6) is 0. The Kier molecular flexibility index (Phi) is 6.98. The number of fused-ring (bicyclic) bond motifs is 12. The van der Waals surface area contributed by atoms with E-state index in [1.54, 1.807) is 0 Å². The van der Waals surface area contributed by atoms with Gasteiger partial charge in [-0.3, -0.25) is 0 Å². The normalized spacial score (nSPS) is 13.3. The van der Waals surface area contributed by atoms with E-state index in [0.717, 1.165) is 17.1 Å². The minimum Gasteiger partial charge on any atom is -0.310 e. The topological polar surface area (TPSA) is 7.65 Å². The van der Waals surface area contributed by atoms with Crippen LogP contribution in [0.2, 0.25) is 0 Å². The summed E-state index contributed by atoms with van der Waals surface area (Å²) in [5, 5.41) is 7.83. The summed E-state index contributed by atoms with van der Waals surface area (Å²) in [7, 11) is 0. The van der Waals surface area contributed by atoms with Gasteiger partial charge in [0.15, 0.2) is 0 Å². The third kappa shape index (κ3) is 4.75. The minimum atomic E-state index is -0.104. The molecule has 0 radical (unpaired) electrons. The van der Waals surface area contributed by atoms with Crippen LogP contribution in [0.3, 0.4) is 0 Å². The van der Waals surface area contributed by atoms with Gasteiger partial charge in [0, 0.05) is 64.2 Å². The lowest BCUT2D eigenvalue weighted by molar-refractivity contribution is 0.660. The fourth-order valence-electron chi connectivity index (χ4n) is 10.4. The molecular weight excluding hydrogens is 745 g/mol. The molecule has 0 unspecified atom stereocenters. The molecule has 0 atom stereocenters. The lowest BCUT2D eigenvalue weighted by Gasteiger charge is -2.28. The average molecular weight is 783 g/mol. The number of para-hydroxylation sites is 2. The number of thiophene rings is 1. The molecule has 3 heterocycles. The van der Waals surface area contributed by atoms with E-state index in [1.165, 1.54) is 103 Å². The molecule has 0 spiro atoms. The van der Waals surface area contributed by atoms with Gasteiger partial charge >= 0.3 is 0 Å². The van der Waals surface area contributed by atoms with E-state index in [4.69, 9.17) is 0 Å². The highest BCUT2D eigenvalue weighted by Crippen LogP contribution is 2.51. The van der Waals surface area contributed by atoms with Crippen molar-refractivity contribution in [1.82, 2.24) is 4.40 Å². The van der Waals surface area contributed by atoms with Crippen LogP contribution in [0.25, 0.3) is 91.6 Å². The van der Waals surface area contributed by atoms with E-state index >= 15 is 0 Å². The Morgan fingerprint density at radius 2 is 0.900 bits per heavy atom. The highest BCUT2D eigenvalue weighted by Gasteiger charge is 2.35. The number of benzene rings is 9. The van der Waals surface area contributed by atoms with Crippen LogP contribution in [0.1, 0.15) is 25.0 Å². The van der Waals surface area contributed by atoms with Crippen molar-refractivity contribution in [2.45, 2.75) is 19.3 Å². The fraction of sp³-hybridized carbons (Fsp3) is 0.0526. The van der Waals surface area contributed by atoms with Gasteiger partial charge in [0.2, 0.25) is 0 Å². The number of rotatable bonds is 5. The van der Waals surface area contributed by atoms with Crippen LogP contribution in [-0.4, -0.2) is 4.40 Å². The smallest absolute Gasteiger partial charge is 0.0620 e. The van der Waals surface area contributed by atoms with Gasteiger partial charge in [-0.1, -0.05) is 129 Å². The van der Waals surface area contributed by atoms with Gasteiger partial charge in [-0.25, -0.2) is 0 Å². The quantitative estimate of drug-likeness (QED) is 0.169. The minimum absolute atomic E-state index is 0.104. The third-order valence-corrected chi connectivity index (χ3v) is 14.5. The van der Waals surface area contributed by atoms with E-state index in [-0.39, 0.29) is 5.41 Å². The Morgan fingerprint density at radius 3 is 1.60 bits per heavy atom. The molecular formula is C57H38N2S. The van der Waals surface area contributed by atoms with E-state index in [1.807, 2.05) is 11.3 Å². The molecule has 0 bridgehead atoms. The number of hydrogen-bond donors (Lipinski definition) is 0. The molecule has 60 heavy (non-hydrogen) atoms. The molecule has 1 aliphatic carbocycles. The lowest BCUT2D eigenvalue weighted by Crippen LogP contribution is -2.16. The van der Waals surface area contributed by atoms with Crippen LogP contribution in [0, 0.1) is 0 Å². The van der Waals surface area contributed by atoms with Crippen LogP contribution in [-0.2, 0) is 5.41 Å². The first-order valence-corrected chi connectivity index (χ1v) is 21.6. The van der Waals surface area contributed by atoms with E-state index in [2.05, 4.69) is 217 Å². The molecule has 0 N–H and O–H groups in total. The summed E-state index contributed by atoms with van der Waals surface area (Å²) in [6.07, 6.45) is 0. The third-order valence-electron chi connectivity index (χ3n) is 13.3. The second-order valence-electron chi connectivity index (χ2n) is 16.9. The maximum Gasteiger partial charge on any atom is 0.0620 e. The molecule has 3 aromatic heterocycles.